The fourth-order valence-corrected chi connectivity index (χ4v) is 2.79. The highest BCUT2D eigenvalue weighted by atomic mass is 16.2. The van der Waals surface area contributed by atoms with Gasteiger partial charge in [0.1, 0.15) is 5.69 Å². The van der Waals surface area contributed by atoms with E-state index in [0.29, 0.717) is 11.6 Å². The molecular weight excluding hydrogens is 238 g/mol. The maximum Gasteiger partial charge on any atom is 0.270 e. The smallest absolute Gasteiger partial charge is 0.270 e. The van der Waals surface area contributed by atoms with E-state index in [1.165, 1.54) is 0 Å². The monoisotopic (exact) mass is 263 g/mol. The summed E-state index contributed by atoms with van der Waals surface area (Å²) in [5.74, 6) is 0.698. The minimum absolute atomic E-state index is 0.116. The molecule has 19 heavy (non-hydrogen) atoms. The van der Waals surface area contributed by atoms with E-state index in [1.807, 2.05) is 22.6 Å². The van der Waals surface area contributed by atoms with Crippen molar-refractivity contribution in [1.82, 2.24) is 9.47 Å². The van der Waals surface area contributed by atoms with Crippen molar-refractivity contribution in [2.75, 3.05) is 18.8 Å². The quantitative estimate of drug-likeness (QED) is 0.891. The number of nitrogens with zero attached hydrogens (tertiary/aromatic N) is 2. The first kappa shape index (κ1) is 14.0. The fraction of sp³-hybridized carbons (Fsp3) is 0.667. The average molecular weight is 263 g/mol. The number of nitrogens with two attached hydrogens (primary N) is 1. The molecule has 0 bridgehead atoms. The largest absolute Gasteiger partial charge is 0.397 e. The summed E-state index contributed by atoms with van der Waals surface area (Å²) in [6.45, 7) is 11.3. The lowest BCUT2D eigenvalue weighted by Crippen LogP contribution is -2.32. The summed E-state index contributed by atoms with van der Waals surface area (Å²) >= 11 is 0. The second-order valence-corrected chi connectivity index (χ2v) is 6.55. The van der Waals surface area contributed by atoms with Gasteiger partial charge in [-0.15, -0.1) is 0 Å². The maximum atomic E-state index is 12.6. The molecule has 1 aliphatic heterocycles. The molecule has 2 N–H and O–H groups in total. The Bertz CT molecular complexity index is 470. The number of amides is 1. The van der Waals surface area contributed by atoms with Gasteiger partial charge in [0.15, 0.2) is 0 Å². The highest BCUT2D eigenvalue weighted by molar-refractivity contribution is 5.94. The minimum Gasteiger partial charge on any atom is -0.397 e. The van der Waals surface area contributed by atoms with E-state index < -0.39 is 0 Å². The normalized spacial score (nSPS) is 20.0. The number of carbonyl (C=O) groups is 1. The first-order valence-electron chi connectivity index (χ1n) is 7.08. The summed E-state index contributed by atoms with van der Waals surface area (Å²) in [7, 11) is 0. The Morgan fingerprint density at radius 3 is 2.68 bits per heavy atom. The van der Waals surface area contributed by atoms with Crippen molar-refractivity contribution in [2.24, 2.45) is 11.3 Å². The topological polar surface area (TPSA) is 51.3 Å². The Labute approximate surface area is 115 Å². The second-order valence-electron chi connectivity index (χ2n) is 6.55. The Morgan fingerprint density at radius 1 is 1.47 bits per heavy atom. The number of aryl methyl sites for hydroxylation is 1. The standard InChI is InChI=1S/C15H25N3O/c1-5-17-10-12(16)8-13(17)14(19)18-7-6-11(9-18)15(2,3)4/h8,10-11H,5-7,9,16H2,1-4H3. The van der Waals surface area contributed by atoms with Gasteiger partial charge >= 0.3 is 0 Å². The van der Waals surface area contributed by atoms with E-state index in [0.717, 1.165) is 31.7 Å². The molecule has 1 saturated heterocycles. The summed E-state index contributed by atoms with van der Waals surface area (Å²) in [6.07, 6.45) is 2.93. The van der Waals surface area contributed by atoms with Crippen LogP contribution in [0.3, 0.4) is 0 Å². The molecule has 4 nitrogen and oxygen atoms in total. The Balaban J connectivity index is 2.13. The van der Waals surface area contributed by atoms with Crippen molar-refractivity contribution in [3.63, 3.8) is 0 Å². The van der Waals surface area contributed by atoms with Crippen LogP contribution < -0.4 is 5.73 Å². The van der Waals surface area contributed by atoms with Gasteiger partial charge in [0.25, 0.3) is 5.91 Å². The highest BCUT2D eigenvalue weighted by Crippen LogP contribution is 2.34. The number of hydrogen-bond acceptors (Lipinski definition) is 2. The lowest BCUT2D eigenvalue weighted by molar-refractivity contribution is 0.0766. The Morgan fingerprint density at radius 2 is 2.16 bits per heavy atom. The van der Waals surface area contributed by atoms with Gasteiger partial charge in [-0.2, -0.15) is 0 Å². The summed E-state index contributed by atoms with van der Waals surface area (Å²) < 4.78 is 1.93. The van der Waals surface area contributed by atoms with E-state index in [2.05, 4.69) is 20.8 Å². The van der Waals surface area contributed by atoms with Crippen LogP contribution in [0.15, 0.2) is 12.3 Å². The lowest BCUT2D eigenvalue weighted by atomic mass is 9.80. The summed E-state index contributed by atoms with van der Waals surface area (Å²) in [4.78, 5) is 14.5. The van der Waals surface area contributed by atoms with Crippen LogP contribution in [0, 0.1) is 11.3 Å². The van der Waals surface area contributed by atoms with E-state index in [4.69, 9.17) is 5.73 Å². The Hall–Kier alpha value is -1.45. The third-order valence-electron chi connectivity index (χ3n) is 4.18. The number of hydrogen-bond donors (Lipinski definition) is 1. The number of rotatable bonds is 2. The molecule has 1 aromatic rings. The summed E-state index contributed by atoms with van der Waals surface area (Å²) in [5, 5.41) is 0. The van der Waals surface area contributed by atoms with Gasteiger partial charge in [0.2, 0.25) is 0 Å². The van der Waals surface area contributed by atoms with Crippen LogP contribution in [-0.4, -0.2) is 28.5 Å². The molecule has 0 saturated carbocycles. The molecule has 1 amide bonds. The van der Waals surface area contributed by atoms with Gasteiger partial charge in [0, 0.05) is 25.8 Å². The molecule has 1 fully saturated rings. The zero-order chi connectivity index (χ0) is 14.2. The Kier molecular flexibility index (Phi) is 3.61. The number of aromatic nitrogens is 1. The number of carbonyl (C=O) groups excluding carboxylic acids is 1. The zero-order valence-corrected chi connectivity index (χ0v) is 12.4. The van der Waals surface area contributed by atoms with E-state index in [1.54, 1.807) is 6.07 Å². The molecular formula is C15H25N3O. The van der Waals surface area contributed by atoms with E-state index in [-0.39, 0.29) is 11.3 Å². The van der Waals surface area contributed by atoms with Crippen molar-refractivity contribution >= 4 is 11.6 Å². The molecule has 1 unspecified atom stereocenters. The van der Waals surface area contributed by atoms with Crippen LogP contribution in [0.5, 0.6) is 0 Å². The first-order valence-corrected chi connectivity index (χ1v) is 7.08. The third kappa shape index (κ3) is 2.77. The predicted octanol–water partition coefficient (Wildman–Crippen LogP) is 2.60. The average Bonchev–Trinajstić information content (AvgIpc) is 2.93. The number of nitrogen functional groups attached to an aromatic ring is 1. The summed E-state index contributed by atoms with van der Waals surface area (Å²) in [5.41, 5.74) is 7.44. The third-order valence-corrected chi connectivity index (χ3v) is 4.18. The SMILES string of the molecule is CCn1cc(N)cc1C(=O)N1CCC(C(C)(C)C)C1. The van der Waals surface area contributed by atoms with Gasteiger partial charge in [0.05, 0.1) is 5.69 Å². The van der Waals surface area contributed by atoms with Crippen molar-refractivity contribution in [2.45, 2.75) is 40.7 Å². The van der Waals surface area contributed by atoms with Crippen LogP contribution in [0.25, 0.3) is 0 Å². The van der Waals surface area contributed by atoms with Crippen molar-refractivity contribution in [3.05, 3.63) is 18.0 Å². The molecule has 0 aromatic carbocycles. The van der Waals surface area contributed by atoms with Crippen LogP contribution >= 0.6 is 0 Å². The minimum atomic E-state index is 0.116. The van der Waals surface area contributed by atoms with Crippen LogP contribution in [-0.2, 0) is 6.54 Å². The van der Waals surface area contributed by atoms with Gasteiger partial charge in [-0.05, 0) is 30.7 Å². The van der Waals surface area contributed by atoms with E-state index in [9.17, 15) is 4.79 Å². The van der Waals surface area contributed by atoms with Crippen molar-refractivity contribution in [3.8, 4) is 0 Å². The lowest BCUT2D eigenvalue weighted by Gasteiger charge is -2.27. The number of likely N-dealkylation sites (tertiary alicyclic amines) is 1. The molecule has 1 aromatic heterocycles. The van der Waals surface area contributed by atoms with Crippen LogP contribution in [0.1, 0.15) is 44.6 Å². The summed E-state index contributed by atoms with van der Waals surface area (Å²) in [6, 6.07) is 1.79. The molecule has 0 radical (unpaired) electrons. The van der Waals surface area contributed by atoms with E-state index >= 15 is 0 Å². The first-order chi connectivity index (χ1) is 8.82. The molecule has 106 valence electrons. The molecule has 2 heterocycles. The van der Waals surface area contributed by atoms with Gasteiger partial charge in [-0.1, -0.05) is 20.8 Å². The van der Waals surface area contributed by atoms with Gasteiger partial charge < -0.3 is 15.2 Å². The van der Waals surface area contributed by atoms with Gasteiger partial charge in [-0.25, -0.2) is 0 Å². The molecule has 2 rings (SSSR count). The zero-order valence-electron chi connectivity index (χ0n) is 12.4. The van der Waals surface area contributed by atoms with Crippen LogP contribution in [0.2, 0.25) is 0 Å². The molecule has 0 aliphatic carbocycles. The van der Waals surface area contributed by atoms with Crippen molar-refractivity contribution < 1.29 is 4.79 Å². The fourth-order valence-electron chi connectivity index (χ4n) is 2.79. The second kappa shape index (κ2) is 4.91. The highest BCUT2D eigenvalue weighted by Gasteiger charge is 2.34. The maximum absolute atomic E-state index is 12.6. The predicted molar refractivity (Wildman–Crippen MR) is 78.0 cm³/mol. The van der Waals surface area contributed by atoms with Gasteiger partial charge in [-0.3, -0.25) is 4.79 Å². The molecule has 4 heteroatoms. The number of anilines is 1. The molecule has 1 aliphatic rings. The van der Waals surface area contributed by atoms with Crippen molar-refractivity contribution in [1.29, 1.82) is 0 Å². The molecule has 1 atom stereocenters. The molecule has 0 spiro atoms. The van der Waals surface area contributed by atoms with Crippen LogP contribution in [0.4, 0.5) is 5.69 Å².